The minimum atomic E-state index is 0.0559. The standard InChI is InChI=1S/C14H21O4/c15-7-9-17-11-13-18-12-10-16-8-6-14-4-2-1-3-5-14/h2-5,15H,6-13H2. The Labute approximate surface area is 108 Å². The zero-order valence-corrected chi connectivity index (χ0v) is 10.6. The molecule has 0 aliphatic rings. The molecule has 0 bridgehead atoms. The van der Waals surface area contributed by atoms with E-state index in [2.05, 4.69) is 6.07 Å². The summed E-state index contributed by atoms with van der Waals surface area (Å²) in [5.41, 5.74) is 1.26. The van der Waals surface area contributed by atoms with Crippen molar-refractivity contribution in [1.29, 1.82) is 0 Å². The molecular formula is C14H21O4. The van der Waals surface area contributed by atoms with E-state index in [1.165, 1.54) is 5.56 Å². The van der Waals surface area contributed by atoms with Gasteiger partial charge < -0.3 is 19.3 Å². The Balaban J connectivity index is 1.82. The third-order valence-corrected chi connectivity index (χ3v) is 2.30. The van der Waals surface area contributed by atoms with E-state index in [0.29, 0.717) is 39.6 Å². The molecule has 0 heterocycles. The highest BCUT2D eigenvalue weighted by atomic mass is 16.5. The van der Waals surface area contributed by atoms with E-state index in [1.54, 1.807) is 0 Å². The summed E-state index contributed by atoms with van der Waals surface area (Å²) in [6.45, 7) is 3.35. The largest absolute Gasteiger partial charge is 0.394 e. The lowest BCUT2D eigenvalue weighted by Gasteiger charge is -2.06. The summed E-state index contributed by atoms with van der Waals surface area (Å²) in [5, 5.41) is 8.47. The van der Waals surface area contributed by atoms with E-state index in [-0.39, 0.29) is 6.61 Å². The first-order valence-electron chi connectivity index (χ1n) is 6.22. The van der Waals surface area contributed by atoms with Crippen LogP contribution in [0.2, 0.25) is 0 Å². The predicted octanol–water partition coefficient (Wildman–Crippen LogP) is 1.07. The first-order valence-corrected chi connectivity index (χ1v) is 6.22. The molecule has 0 fully saturated rings. The molecule has 1 aromatic carbocycles. The normalized spacial score (nSPS) is 10.7. The van der Waals surface area contributed by atoms with Crippen molar-refractivity contribution >= 4 is 0 Å². The van der Waals surface area contributed by atoms with Gasteiger partial charge in [-0.3, -0.25) is 0 Å². The average molecular weight is 253 g/mol. The van der Waals surface area contributed by atoms with Gasteiger partial charge in [0.1, 0.15) is 0 Å². The lowest BCUT2D eigenvalue weighted by molar-refractivity contribution is 0.00817. The Morgan fingerprint density at radius 3 is 2.00 bits per heavy atom. The van der Waals surface area contributed by atoms with Gasteiger partial charge in [0.25, 0.3) is 0 Å². The van der Waals surface area contributed by atoms with Crippen LogP contribution < -0.4 is 0 Å². The number of hydrogen-bond acceptors (Lipinski definition) is 4. The van der Waals surface area contributed by atoms with Gasteiger partial charge in [-0.2, -0.15) is 0 Å². The van der Waals surface area contributed by atoms with Gasteiger partial charge in [0.15, 0.2) is 0 Å². The summed E-state index contributed by atoms with van der Waals surface area (Å²) in [7, 11) is 0. The van der Waals surface area contributed by atoms with Crippen LogP contribution in [0.15, 0.2) is 24.3 Å². The van der Waals surface area contributed by atoms with E-state index in [4.69, 9.17) is 19.3 Å². The number of aliphatic hydroxyl groups excluding tert-OH is 1. The van der Waals surface area contributed by atoms with Crippen molar-refractivity contribution < 1.29 is 19.3 Å². The zero-order valence-electron chi connectivity index (χ0n) is 10.6. The second kappa shape index (κ2) is 11.2. The summed E-state index contributed by atoms with van der Waals surface area (Å²) in [6, 6.07) is 10.9. The molecule has 101 valence electrons. The van der Waals surface area contributed by atoms with Crippen molar-refractivity contribution in [3.05, 3.63) is 35.9 Å². The lowest BCUT2D eigenvalue weighted by Crippen LogP contribution is -2.11. The summed E-state index contributed by atoms with van der Waals surface area (Å²) < 4.78 is 15.8. The smallest absolute Gasteiger partial charge is 0.0701 e. The lowest BCUT2D eigenvalue weighted by atomic mass is 10.2. The van der Waals surface area contributed by atoms with Crippen LogP contribution >= 0.6 is 0 Å². The summed E-state index contributed by atoms with van der Waals surface area (Å²) in [4.78, 5) is 0. The number of aliphatic hydroxyl groups is 1. The van der Waals surface area contributed by atoms with Crippen LogP contribution in [-0.2, 0) is 20.6 Å². The summed E-state index contributed by atoms with van der Waals surface area (Å²) in [5.74, 6) is 0. The van der Waals surface area contributed by atoms with E-state index in [1.807, 2.05) is 24.3 Å². The fraction of sp³-hybridized carbons (Fsp3) is 0.571. The average Bonchev–Trinajstić information content (AvgIpc) is 2.42. The van der Waals surface area contributed by atoms with Crippen LogP contribution in [0.1, 0.15) is 5.56 Å². The summed E-state index contributed by atoms with van der Waals surface area (Å²) >= 11 is 0. The van der Waals surface area contributed by atoms with Crippen molar-refractivity contribution in [2.45, 2.75) is 6.42 Å². The highest BCUT2D eigenvalue weighted by Gasteiger charge is 1.93. The minimum Gasteiger partial charge on any atom is -0.394 e. The zero-order chi connectivity index (χ0) is 12.9. The molecule has 1 N–H and O–H groups in total. The Morgan fingerprint density at radius 2 is 1.39 bits per heavy atom. The Kier molecular flexibility index (Phi) is 9.38. The summed E-state index contributed by atoms with van der Waals surface area (Å²) in [6.07, 6.45) is 0.911. The van der Waals surface area contributed by atoms with Gasteiger partial charge in [0.05, 0.1) is 46.2 Å². The van der Waals surface area contributed by atoms with Gasteiger partial charge in [-0.05, 0) is 18.1 Å². The first kappa shape index (κ1) is 15.1. The van der Waals surface area contributed by atoms with Gasteiger partial charge in [0.2, 0.25) is 0 Å². The molecule has 1 radical (unpaired) electrons. The monoisotopic (exact) mass is 253 g/mol. The Hall–Kier alpha value is -0.940. The molecule has 0 amide bonds. The van der Waals surface area contributed by atoms with Gasteiger partial charge in [-0.25, -0.2) is 0 Å². The minimum absolute atomic E-state index is 0.0559. The number of hydrogen-bond donors (Lipinski definition) is 1. The van der Waals surface area contributed by atoms with Crippen LogP contribution in [0.4, 0.5) is 0 Å². The fourth-order valence-electron chi connectivity index (χ4n) is 1.38. The first-order chi connectivity index (χ1) is 8.93. The maximum atomic E-state index is 8.47. The van der Waals surface area contributed by atoms with Crippen LogP contribution in [0.3, 0.4) is 0 Å². The molecule has 0 saturated heterocycles. The molecule has 0 aliphatic carbocycles. The SMILES string of the molecule is OCCOCCOCCOCCc1cc[c]cc1. The number of benzene rings is 1. The molecule has 0 aliphatic heterocycles. The molecule has 4 nitrogen and oxygen atoms in total. The van der Waals surface area contributed by atoms with Gasteiger partial charge in [-0.1, -0.05) is 24.3 Å². The number of ether oxygens (including phenoxy) is 3. The molecular weight excluding hydrogens is 232 g/mol. The van der Waals surface area contributed by atoms with Crippen LogP contribution in [0.25, 0.3) is 0 Å². The van der Waals surface area contributed by atoms with E-state index in [9.17, 15) is 0 Å². The van der Waals surface area contributed by atoms with Crippen LogP contribution in [-0.4, -0.2) is 51.4 Å². The van der Waals surface area contributed by atoms with Gasteiger partial charge >= 0.3 is 0 Å². The van der Waals surface area contributed by atoms with Crippen molar-refractivity contribution in [2.75, 3.05) is 46.2 Å². The molecule has 1 rings (SSSR count). The van der Waals surface area contributed by atoms with E-state index >= 15 is 0 Å². The molecule has 0 saturated carbocycles. The topological polar surface area (TPSA) is 47.9 Å². The second-order valence-corrected chi connectivity index (χ2v) is 3.72. The predicted molar refractivity (Wildman–Crippen MR) is 68.5 cm³/mol. The molecule has 0 atom stereocenters. The van der Waals surface area contributed by atoms with Crippen molar-refractivity contribution in [3.8, 4) is 0 Å². The molecule has 0 unspecified atom stereocenters. The van der Waals surface area contributed by atoms with Gasteiger partial charge in [-0.15, -0.1) is 0 Å². The van der Waals surface area contributed by atoms with Crippen LogP contribution in [0.5, 0.6) is 0 Å². The third kappa shape index (κ3) is 8.20. The molecule has 1 aromatic rings. The van der Waals surface area contributed by atoms with Crippen molar-refractivity contribution in [2.24, 2.45) is 0 Å². The quantitative estimate of drug-likeness (QED) is 0.599. The van der Waals surface area contributed by atoms with Crippen molar-refractivity contribution in [1.82, 2.24) is 0 Å². The van der Waals surface area contributed by atoms with Gasteiger partial charge in [0, 0.05) is 0 Å². The fourth-order valence-corrected chi connectivity index (χ4v) is 1.38. The third-order valence-electron chi connectivity index (χ3n) is 2.30. The highest BCUT2D eigenvalue weighted by Crippen LogP contribution is 1.98. The second-order valence-electron chi connectivity index (χ2n) is 3.72. The molecule has 0 aromatic heterocycles. The van der Waals surface area contributed by atoms with Crippen molar-refractivity contribution in [3.63, 3.8) is 0 Å². The van der Waals surface area contributed by atoms with Crippen LogP contribution in [0, 0.1) is 6.07 Å². The maximum Gasteiger partial charge on any atom is 0.0701 e. The maximum absolute atomic E-state index is 8.47. The molecule has 0 spiro atoms. The van der Waals surface area contributed by atoms with E-state index in [0.717, 1.165) is 6.42 Å². The van der Waals surface area contributed by atoms with E-state index < -0.39 is 0 Å². The highest BCUT2D eigenvalue weighted by molar-refractivity contribution is 5.13. The Bertz CT molecular complexity index is 276. The number of rotatable bonds is 11. The molecule has 18 heavy (non-hydrogen) atoms. The molecule has 4 heteroatoms. The Morgan fingerprint density at radius 1 is 0.833 bits per heavy atom.